The summed E-state index contributed by atoms with van der Waals surface area (Å²) in [5.41, 5.74) is 1.17. The lowest BCUT2D eigenvalue weighted by Crippen LogP contribution is -2.20. The van der Waals surface area contributed by atoms with Crippen molar-refractivity contribution < 1.29 is 18.8 Å². The first-order valence-electron chi connectivity index (χ1n) is 9.27. The number of rotatable bonds is 7. The number of anilines is 1. The fourth-order valence-corrected chi connectivity index (χ4v) is 2.83. The Hall–Kier alpha value is -4.07. The second kappa shape index (κ2) is 8.52. The molecule has 30 heavy (non-hydrogen) atoms. The maximum atomic E-state index is 12.1. The molecule has 2 aromatic heterocycles. The Bertz CT molecular complexity index is 1230. The first kappa shape index (κ1) is 19.3. The predicted octanol–water partition coefficient (Wildman–Crippen LogP) is 3.19. The Kier molecular flexibility index (Phi) is 5.47. The van der Waals surface area contributed by atoms with Gasteiger partial charge in [-0.05, 0) is 31.2 Å². The van der Waals surface area contributed by atoms with Crippen molar-refractivity contribution in [2.24, 2.45) is 0 Å². The van der Waals surface area contributed by atoms with Crippen LogP contribution in [0.2, 0.25) is 0 Å². The van der Waals surface area contributed by atoms with Gasteiger partial charge < -0.3 is 19.3 Å². The van der Waals surface area contributed by atoms with Crippen LogP contribution < -0.4 is 20.3 Å². The van der Waals surface area contributed by atoms with Gasteiger partial charge in [0.2, 0.25) is 0 Å². The average molecular weight is 405 g/mol. The van der Waals surface area contributed by atoms with E-state index in [0.29, 0.717) is 34.3 Å². The van der Waals surface area contributed by atoms with Crippen LogP contribution in [0, 0.1) is 6.92 Å². The number of aromatic nitrogens is 2. The number of nitrogens with one attached hydrogen (secondary N) is 1. The molecule has 2 heterocycles. The summed E-state index contributed by atoms with van der Waals surface area (Å²) in [6, 6.07) is 19.1. The van der Waals surface area contributed by atoms with Crippen molar-refractivity contribution in [2.45, 2.75) is 13.5 Å². The summed E-state index contributed by atoms with van der Waals surface area (Å²) in [4.78, 5) is 28.5. The number of nitrogens with zero attached hydrogens (tertiary/aromatic N) is 2. The average Bonchev–Trinajstić information content (AvgIpc) is 3.13. The number of amides is 1. The molecule has 2 aromatic carbocycles. The Morgan fingerprint density at radius 2 is 1.83 bits per heavy atom. The molecule has 8 heteroatoms. The number of hydrogen-bond donors (Lipinski definition) is 1. The summed E-state index contributed by atoms with van der Waals surface area (Å²) in [6.45, 7) is 1.74. The summed E-state index contributed by atoms with van der Waals surface area (Å²) in [6.07, 6.45) is 0. The molecule has 4 rings (SSSR count). The van der Waals surface area contributed by atoms with Crippen molar-refractivity contribution in [2.75, 3.05) is 11.9 Å². The van der Waals surface area contributed by atoms with Crippen LogP contribution in [0.4, 0.5) is 5.69 Å². The summed E-state index contributed by atoms with van der Waals surface area (Å²) >= 11 is 0. The molecule has 0 saturated carbocycles. The standard InChI is InChI=1S/C22H19N3O5/c1-15-10-20-23-17(12-22(27)25(20)30-15)13-28-19-9-5-6-16(11-19)24-21(26)14-29-18-7-3-2-4-8-18/h2-12H,13-14H2,1H3,(H,24,26). The Morgan fingerprint density at radius 1 is 1.03 bits per heavy atom. The summed E-state index contributed by atoms with van der Waals surface area (Å²) in [5, 5.41) is 2.76. The van der Waals surface area contributed by atoms with Crippen molar-refractivity contribution in [3.05, 3.63) is 88.5 Å². The van der Waals surface area contributed by atoms with Crippen molar-refractivity contribution in [1.82, 2.24) is 9.56 Å². The Balaban J connectivity index is 1.36. The number of carbonyl (C=O) groups excluding carboxylic acids is 1. The fraction of sp³-hybridized carbons (Fsp3) is 0.136. The van der Waals surface area contributed by atoms with Crippen LogP contribution in [0.3, 0.4) is 0 Å². The molecule has 1 N–H and O–H groups in total. The highest BCUT2D eigenvalue weighted by molar-refractivity contribution is 5.92. The van der Waals surface area contributed by atoms with Gasteiger partial charge in [-0.25, -0.2) is 4.98 Å². The monoisotopic (exact) mass is 405 g/mol. The van der Waals surface area contributed by atoms with Gasteiger partial charge in [-0.2, -0.15) is 0 Å². The van der Waals surface area contributed by atoms with E-state index in [1.54, 1.807) is 49.4 Å². The number of hydrogen-bond acceptors (Lipinski definition) is 6. The first-order chi connectivity index (χ1) is 14.6. The van der Waals surface area contributed by atoms with E-state index in [-0.39, 0.29) is 24.7 Å². The molecule has 0 radical (unpaired) electrons. The topological polar surface area (TPSA) is 95.1 Å². The third kappa shape index (κ3) is 4.67. The molecule has 0 atom stereocenters. The maximum absolute atomic E-state index is 12.1. The third-order valence-electron chi connectivity index (χ3n) is 4.14. The van der Waals surface area contributed by atoms with E-state index in [4.69, 9.17) is 14.0 Å². The lowest BCUT2D eigenvalue weighted by molar-refractivity contribution is -0.118. The molecule has 0 saturated heterocycles. The van der Waals surface area contributed by atoms with E-state index in [0.717, 1.165) is 4.57 Å². The zero-order chi connectivity index (χ0) is 20.9. The van der Waals surface area contributed by atoms with Crippen LogP contribution in [-0.4, -0.2) is 22.1 Å². The zero-order valence-corrected chi connectivity index (χ0v) is 16.2. The molecule has 0 bridgehead atoms. The van der Waals surface area contributed by atoms with E-state index >= 15 is 0 Å². The van der Waals surface area contributed by atoms with Crippen LogP contribution in [0.1, 0.15) is 11.5 Å². The van der Waals surface area contributed by atoms with Gasteiger partial charge >= 0.3 is 0 Å². The normalized spacial score (nSPS) is 10.7. The van der Waals surface area contributed by atoms with E-state index in [9.17, 15) is 9.59 Å². The molecular weight excluding hydrogens is 386 g/mol. The van der Waals surface area contributed by atoms with Crippen LogP contribution >= 0.6 is 0 Å². The number of para-hydroxylation sites is 1. The van der Waals surface area contributed by atoms with Crippen LogP contribution in [0.15, 0.2) is 76.0 Å². The highest BCUT2D eigenvalue weighted by Gasteiger charge is 2.08. The highest BCUT2D eigenvalue weighted by Crippen LogP contribution is 2.18. The predicted molar refractivity (Wildman–Crippen MR) is 110 cm³/mol. The second-order valence-corrected chi connectivity index (χ2v) is 6.55. The van der Waals surface area contributed by atoms with Gasteiger partial charge in [-0.3, -0.25) is 9.59 Å². The van der Waals surface area contributed by atoms with E-state index in [2.05, 4.69) is 10.3 Å². The number of carbonyl (C=O) groups is 1. The minimum atomic E-state index is -0.314. The number of aryl methyl sites for hydroxylation is 1. The van der Waals surface area contributed by atoms with Crippen LogP contribution in [-0.2, 0) is 11.4 Å². The molecule has 152 valence electrons. The Labute approximate surface area is 171 Å². The number of fused-ring (bicyclic) bond motifs is 1. The third-order valence-corrected chi connectivity index (χ3v) is 4.14. The fourth-order valence-electron chi connectivity index (χ4n) is 2.83. The van der Waals surface area contributed by atoms with Crippen molar-refractivity contribution in [1.29, 1.82) is 0 Å². The molecule has 0 spiro atoms. The first-order valence-corrected chi connectivity index (χ1v) is 9.27. The molecule has 0 fully saturated rings. The van der Waals surface area contributed by atoms with Crippen molar-refractivity contribution >= 4 is 17.2 Å². The molecule has 4 aromatic rings. The van der Waals surface area contributed by atoms with Gasteiger partial charge in [0.25, 0.3) is 11.5 Å². The van der Waals surface area contributed by atoms with Crippen LogP contribution in [0.5, 0.6) is 11.5 Å². The molecule has 0 unspecified atom stereocenters. The molecular formula is C22H19N3O5. The number of benzene rings is 2. The van der Waals surface area contributed by atoms with E-state index < -0.39 is 0 Å². The van der Waals surface area contributed by atoms with E-state index in [1.165, 1.54) is 6.07 Å². The minimum absolute atomic E-state index is 0.102. The summed E-state index contributed by atoms with van der Waals surface area (Å²) in [5.74, 6) is 1.46. The summed E-state index contributed by atoms with van der Waals surface area (Å²) < 4.78 is 17.6. The molecule has 0 aliphatic carbocycles. The van der Waals surface area contributed by atoms with Gasteiger partial charge in [0.1, 0.15) is 23.9 Å². The molecule has 0 aliphatic rings. The lowest BCUT2D eigenvalue weighted by Gasteiger charge is -2.10. The minimum Gasteiger partial charge on any atom is -0.487 e. The second-order valence-electron chi connectivity index (χ2n) is 6.55. The highest BCUT2D eigenvalue weighted by atomic mass is 16.5. The molecule has 1 amide bonds. The molecule has 0 aliphatic heterocycles. The van der Waals surface area contributed by atoms with Gasteiger partial charge in [0.05, 0.1) is 5.69 Å². The maximum Gasteiger partial charge on any atom is 0.287 e. The van der Waals surface area contributed by atoms with Gasteiger partial charge in [-0.1, -0.05) is 24.3 Å². The van der Waals surface area contributed by atoms with Gasteiger partial charge in [-0.15, -0.1) is 4.57 Å². The Morgan fingerprint density at radius 3 is 2.67 bits per heavy atom. The zero-order valence-electron chi connectivity index (χ0n) is 16.2. The SMILES string of the molecule is Cc1cc2nc(COc3cccc(NC(=O)COc4ccccc4)c3)cc(=O)n2o1. The van der Waals surface area contributed by atoms with E-state index in [1.807, 2.05) is 18.2 Å². The quantitative estimate of drug-likeness (QED) is 0.507. The van der Waals surface area contributed by atoms with Crippen molar-refractivity contribution in [3.63, 3.8) is 0 Å². The smallest absolute Gasteiger partial charge is 0.287 e. The lowest BCUT2D eigenvalue weighted by atomic mass is 10.3. The summed E-state index contributed by atoms with van der Waals surface area (Å²) in [7, 11) is 0. The van der Waals surface area contributed by atoms with Gasteiger partial charge in [0.15, 0.2) is 12.3 Å². The molecule has 8 nitrogen and oxygen atoms in total. The van der Waals surface area contributed by atoms with Gasteiger partial charge in [0, 0.05) is 23.9 Å². The largest absolute Gasteiger partial charge is 0.487 e. The van der Waals surface area contributed by atoms with Crippen molar-refractivity contribution in [3.8, 4) is 11.5 Å². The number of ether oxygens (including phenoxy) is 2. The van der Waals surface area contributed by atoms with Crippen LogP contribution in [0.25, 0.3) is 5.65 Å².